The van der Waals surface area contributed by atoms with Crippen LogP contribution in [0.1, 0.15) is 24.0 Å². The lowest BCUT2D eigenvalue weighted by atomic mass is 9.86. The monoisotopic (exact) mass is 1250 g/mol. The number of hydrogen-bond donors (Lipinski definition) is 0. The summed E-state index contributed by atoms with van der Waals surface area (Å²) < 4.78 is 18.9. The molecule has 0 fully saturated rings. The molecule has 0 saturated carbocycles. The van der Waals surface area contributed by atoms with Crippen molar-refractivity contribution < 1.29 is 9.15 Å². The van der Waals surface area contributed by atoms with E-state index in [0.29, 0.717) is 0 Å². The number of rotatable bonds is 10. The quantitative estimate of drug-likeness (QED) is 0.137. The van der Waals surface area contributed by atoms with Crippen molar-refractivity contribution in [2.75, 3.05) is 9.80 Å². The molecule has 2 aliphatic rings. The van der Waals surface area contributed by atoms with Gasteiger partial charge in [0.05, 0.1) is 44.5 Å². The SMILES string of the molecule is CC1=C(N(c2ccccc2)c2ccc(-c3cccc4c3c3cccc5c6c(-c7ccccc7)c7c(c(-c8ccccc8)c6n4c35)c3cccc4c5c(-c6ccc(N(c8ccccc8)c8c(C)ccc9c8oc8ccccc89)cc6)cccc5n7c43)cc2)C2Oc3ccccc3C2C=C1. The molecule has 0 radical (unpaired) electrons. The smallest absolute Gasteiger partial charge is 0.159 e. The summed E-state index contributed by atoms with van der Waals surface area (Å²) >= 11 is 0. The van der Waals surface area contributed by atoms with E-state index in [1.165, 1.54) is 121 Å². The molecule has 5 aromatic heterocycles. The van der Waals surface area contributed by atoms with Crippen LogP contribution in [0.25, 0.3) is 143 Å². The first-order valence-electron chi connectivity index (χ1n) is 34.0. The van der Waals surface area contributed by atoms with Crippen LogP contribution in [0.2, 0.25) is 0 Å². The van der Waals surface area contributed by atoms with E-state index in [0.717, 1.165) is 78.5 Å². The van der Waals surface area contributed by atoms with Gasteiger partial charge in [-0.2, -0.15) is 0 Å². The van der Waals surface area contributed by atoms with Gasteiger partial charge >= 0.3 is 0 Å². The van der Waals surface area contributed by atoms with Crippen LogP contribution in [0.15, 0.2) is 331 Å². The Bertz CT molecular complexity index is 6520. The summed E-state index contributed by atoms with van der Waals surface area (Å²) in [6.45, 7) is 4.40. The molecule has 0 bridgehead atoms. The van der Waals surface area contributed by atoms with Crippen molar-refractivity contribution in [1.82, 2.24) is 8.80 Å². The van der Waals surface area contributed by atoms with Gasteiger partial charge in [-0.25, -0.2) is 0 Å². The molecule has 2 atom stereocenters. The van der Waals surface area contributed by atoms with Crippen LogP contribution in [0.5, 0.6) is 5.75 Å². The van der Waals surface area contributed by atoms with Gasteiger partial charge in [0.15, 0.2) is 5.58 Å². The zero-order valence-corrected chi connectivity index (χ0v) is 53.8. The van der Waals surface area contributed by atoms with Crippen molar-refractivity contribution >= 4 is 127 Å². The maximum atomic E-state index is 6.89. The van der Waals surface area contributed by atoms with Crippen molar-refractivity contribution in [3.05, 3.63) is 338 Å². The molecule has 0 amide bonds. The molecule has 19 aromatic rings. The topological polar surface area (TPSA) is 37.7 Å². The molecule has 0 spiro atoms. The highest BCUT2D eigenvalue weighted by molar-refractivity contribution is 6.39. The van der Waals surface area contributed by atoms with Gasteiger partial charge in [0.2, 0.25) is 0 Å². The Morgan fingerprint density at radius 3 is 1.38 bits per heavy atom. The third-order valence-electron chi connectivity index (χ3n) is 21.4. The fourth-order valence-electron chi connectivity index (χ4n) is 17.3. The molecular formula is C92H60N4O2. The predicted octanol–water partition coefficient (Wildman–Crippen LogP) is 24.9. The van der Waals surface area contributed by atoms with Gasteiger partial charge in [0.1, 0.15) is 17.4 Å². The molecule has 21 rings (SSSR count). The number of furan rings is 1. The van der Waals surface area contributed by atoms with Crippen molar-refractivity contribution in [2.45, 2.75) is 25.9 Å². The van der Waals surface area contributed by atoms with E-state index in [1.807, 2.05) is 6.07 Å². The van der Waals surface area contributed by atoms with Gasteiger partial charge in [0.25, 0.3) is 0 Å². The fourth-order valence-corrected chi connectivity index (χ4v) is 17.3. The molecule has 0 saturated heterocycles. The number of nitrogens with zero attached hydrogens (tertiary/aromatic N) is 4. The highest BCUT2D eigenvalue weighted by Crippen LogP contribution is 2.56. The minimum atomic E-state index is -0.162. The second-order valence-electron chi connectivity index (χ2n) is 26.6. The zero-order valence-electron chi connectivity index (χ0n) is 53.8. The minimum Gasteiger partial charge on any atom is -0.483 e. The maximum Gasteiger partial charge on any atom is 0.159 e. The summed E-state index contributed by atoms with van der Waals surface area (Å²) in [6, 6.07) is 111. The average Bonchev–Trinajstić information content (AvgIpc) is 1.49. The van der Waals surface area contributed by atoms with Crippen LogP contribution in [0.3, 0.4) is 0 Å². The standard InChI is InChI=1S/C92H60N4O2/c1-55-43-53-69-67-31-15-17-41-77(67)97-91(69)85(55)93(61-27-11-5-12-28-61)63-49-45-57(46-50-63)65-33-21-39-75-81(65)71-35-19-37-73-83-80(60-25-9-4-10-26-60)90-84(79(59-23-7-3-8-24-59)89(83)95(75)87(71)73)74-38-20-36-72-82-66(34-22-40-76(82)96(90)88(72)74)58-47-51-64(52-48-58)94(62-29-13-6-14-30-62)86-56(2)44-54-70-68-32-16-18-42-78(68)98-92(70)86/h3-54,69,91H,1-2H3. The molecule has 6 heterocycles. The highest BCUT2D eigenvalue weighted by atomic mass is 16.5. The van der Waals surface area contributed by atoms with Crippen molar-refractivity contribution in [1.29, 1.82) is 0 Å². The van der Waals surface area contributed by atoms with E-state index in [9.17, 15) is 0 Å². The van der Waals surface area contributed by atoms with Crippen LogP contribution >= 0.6 is 0 Å². The molecule has 98 heavy (non-hydrogen) atoms. The van der Waals surface area contributed by atoms with E-state index < -0.39 is 0 Å². The minimum absolute atomic E-state index is 0.122. The number of para-hydroxylation sites is 6. The third-order valence-corrected chi connectivity index (χ3v) is 21.4. The largest absolute Gasteiger partial charge is 0.483 e. The van der Waals surface area contributed by atoms with Crippen molar-refractivity contribution in [3.8, 4) is 50.3 Å². The van der Waals surface area contributed by atoms with E-state index in [2.05, 4.69) is 342 Å². The van der Waals surface area contributed by atoms with Gasteiger partial charge < -0.3 is 27.8 Å². The zero-order chi connectivity index (χ0) is 64.4. The lowest BCUT2D eigenvalue weighted by Crippen LogP contribution is -2.34. The summed E-state index contributed by atoms with van der Waals surface area (Å²) in [6.07, 6.45) is 4.44. The van der Waals surface area contributed by atoms with Gasteiger partial charge in [0, 0.05) is 99.2 Å². The third kappa shape index (κ3) is 7.68. The summed E-state index contributed by atoms with van der Waals surface area (Å²) in [5.74, 6) is 1.08. The first-order chi connectivity index (χ1) is 48.5. The summed E-state index contributed by atoms with van der Waals surface area (Å²) in [5, 5.41) is 12.1. The Morgan fingerprint density at radius 2 is 0.806 bits per heavy atom. The number of anilines is 5. The Hall–Kier alpha value is -12.6. The first kappa shape index (κ1) is 54.7. The Balaban J connectivity index is 0.768. The molecular weight excluding hydrogens is 1190 g/mol. The molecule has 1 aliphatic heterocycles. The number of fused-ring (bicyclic) bond motifs is 18. The second-order valence-corrected chi connectivity index (χ2v) is 26.6. The van der Waals surface area contributed by atoms with E-state index >= 15 is 0 Å². The van der Waals surface area contributed by atoms with Crippen LogP contribution in [0.4, 0.5) is 28.4 Å². The molecule has 14 aromatic carbocycles. The second kappa shape index (κ2) is 20.9. The van der Waals surface area contributed by atoms with Gasteiger partial charge in [-0.3, -0.25) is 0 Å². The Kier molecular flexibility index (Phi) is 11.7. The Morgan fingerprint density at radius 1 is 0.347 bits per heavy atom. The van der Waals surface area contributed by atoms with Crippen molar-refractivity contribution in [3.63, 3.8) is 0 Å². The highest BCUT2D eigenvalue weighted by Gasteiger charge is 2.41. The summed E-state index contributed by atoms with van der Waals surface area (Å²) in [7, 11) is 0. The van der Waals surface area contributed by atoms with E-state index in [1.54, 1.807) is 0 Å². The number of allylic oxidation sites excluding steroid dienone is 2. The number of hydrogen-bond acceptors (Lipinski definition) is 4. The number of aryl methyl sites for hydroxylation is 1. The number of benzene rings is 14. The van der Waals surface area contributed by atoms with Gasteiger partial charge in [-0.15, -0.1) is 0 Å². The molecule has 6 heteroatoms. The van der Waals surface area contributed by atoms with Crippen molar-refractivity contribution in [2.24, 2.45) is 0 Å². The van der Waals surface area contributed by atoms with Gasteiger partial charge in [-0.1, -0.05) is 243 Å². The molecule has 0 N–H and O–H groups in total. The van der Waals surface area contributed by atoms with E-state index in [-0.39, 0.29) is 12.0 Å². The maximum absolute atomic E-state index is 6.89. The van der Waals surface area contributed by atoms with Crippen LogP contribution in [-0.2, 0) is 0 Å². The summed E-state index contributed by atoms with van der Waals surface area (Å²) in [4.78, 5) is 4.77. The first-order valence-corrected chi connectivity index (χ1v) is 34.0. The van der Waals surface area contributed by atoms with Crippen LogP contribution in [-0.4, -0.2) is 14.9 Å². The lowest BCUT2D eigenvalue weighted by molar-refractivity contribution is 0.252. The van der Waals surface area contributed by atoms with Crippen LogP contribution in [0, 0.1) is 6.92 Å². The molecule has 460 valence electrons. The van der Waals surface area contributed by atoms with E-state index in [4.69, 9.17) is 9.15 Å². The normalized spacial score (nSPS) is 14.6. The van der Waals surface area contributed by atoms with Gasteiger partial charge in [-0.05, 0) is 131 Å². The molecule has 2 unspecified atom stereocenters. The Labute approximate surface area is 564 Å². The predicted molar refractivity (Wildman–Crippen MR) is 408 cm³/mol. The average molecular weight is 1250 g/mol. The molecule has 1 aliphatic carbocycles. The number of aromatic nitrogens is 2. The number of ether oxygens (including phenoxy) is 1. The molecule has 6 nitrogen and oxygen atoms in total. The summed E-state index contributed by atoms with van der Waals surface area (Å²) in [5.41, 5.74) is 28.5. The fraction of sp³-hybridized carbons (Fsp3) is 0.0435. The van der Waals surface area contributed by atoms with Crippen LogP contribution < -0.4 is 14.5 Å². The lowest BCUT2D eigenvalue weighted by Gasteiger charge is -2.35.